The largest absolute Gasteiger partial charge is 0.374 e. The van der Waals surface area contributed by atoms with Crippen LogP contribution in [0.3, 0.4) is 0 Å². The minimum absolute atomic E-state index is 0.0492. The van der Waals surface area contributed by atoms with E-state index in [4.69, 9.17) is 4.52 Å². The number of rotatable bonds is 5. The molecule has 1 aromatic heterocycles. The number of benzene rings is 1. The fourth-order valence-corrected chi connectivity index (χ4v) is 3.01. The van der Waals surface area contributed by atoms with Crippen molar-refractivity contribution in [2.24, 2.45) is 0 Å². The molecule has 1 aliphatic heterocycles. The van der Waals surface area contributed by atoms with Crippen molar-refractivity contribution in [2.45, 2.75) is 39.7 Å². The Balaban J connectivity index is 1.70. The van der Waals surface area contributed by atoms with Crippen LogP contribution >= 0.6 is 0 Å². The van der Waals surface area contributed by atoms with Gasteiger partial charge in [-0.15, -0.1) is 0 Å². The van der Waals surface area contributed by atoms with E-state index >= 15 is 0 Å². The molecule has 1 aliphatic rings. The first-order valence-electron chi connectivity index (χ1n) is 8.39. The highest BCUT2D eigenvalue weighted by atomic mass is 16.5. The molecule has 2 aromatic rings. The Bertz CT molecular complexity index is 799. The van der Waals surface area contributed by atoms with Crippen molar-refractivity contribution in [1.82, 2.24) is 5.16 Å². The highest BCUT2D eigenvalue weighted by Gasteiger charge is 2.23. The van der Waals surface area contributed by atoms with E-state index in [1.54, 1.807) is 24.8 Å². The van der Waals surface area contributed by atoms with E-state index in [1.165, 1.54) is 0 Å². The van der Waals surface area contributed by atoms with Gasteiger partial charge in [-0.2, -0.15) is 0 Å². The summed E-state index contributed by atoms with van der Waals surface area (Å²) in [4.78, 5) is 25.8. The third-order valence-corrected chi connectivity index (χ3v) is 4.30. The molecule has 7 heteroatoms. The zero-order valence-corrected chi connectivity index (χ0v) is 14.6. The predicted molar refractivity (Wildman–Crippen MR) is 95.7 cm³/mol. The van der Waals surface area contributed by atoms with Crippen molar-refractivity contribution in [3.63, 3.8) is 0 Å². The van der Waals surface area contributed by atoms with Crippen LogP contribution in [0.1, 0.15) is 31.6 Å². The molecule has 0 saturated heterocycles. The smallest absolute Gasteiger partial charge is 0.248 e. The highest BCUT2D eigenvalue weighted by molar-refractivity contribution is 5.96. The van der Waals surface area contributed by atoms with Gasteiger partial charge in [-0.05, 0) is 43.5 Å². The fraction of sp³-hybridized carbons (Fsp3) is 0.389. The fourth-order valence-electron chi connectivity index (χ4n) is 3.01. The highest BCUT2D eigenvalue weighted by Crippen LogP contribution is 2.30. The summed E-state index contributed by atoms with van der Waals surface area (Å²) in [7, 11) is 0. The van der Waals surface area contributed by atoms with Crippen LogP contribution in [0.2, 0.25) is 0 Å². The topological polar surface area (TPSA) is 87.5 Å². The lowest BCUT2D eigenvalue weighted by Gasteiger charge is -2.19. The van der Waals surface area contributed by atoms with Gasteiger partial charge in [-0.25, -0.2) is 0 Å². The third-order valence-electron chi connectivity index (χ3n) is 4.30. The Morgan fingerprint density at radius 2 is 2.16 bits per heavy atom. The molecule has 2 heterocycles. The average molecular weight is 342 g/mol. The molecule has 0 saturated carbocycles. The van der Waals surface area contributed by atoms with Gasteiger partial charge in [0.25, 0.3) is 0 Å². The number of amides is 2. The number of aryl methyl sites for hydroxylation is 1. The van der Waals surface area contributed by atoms with Crippen molar-refractivity contribution in [3.05, 3.63) is 35.6 Å². The molecule has 0 spiro atoms. The summed E-state index contributed by atoms with van der Waals surface area (Å²) in [6.07, 6.45) is 1.45. The Kier molecular flexibility index (Phi) is 4.74. The van der Waals surface area contributed by atoms with Gasteiger partial charge in [-0.3, -0.25) is 9.59 Å². The van der Waals surface area contributed by atoms with Gasteiger partial charge in [0, 0.05) is 30.9 Å². The van der Waals surface area contributed by atoms with Gasteiger partial charge >= 0.3 is 0 Å². The first-order valence-corrected chi connectivity index (χ1v) is 8.39. The SMILES string of the molecule is CCC(Nc1ccc2c(c1)CCN2C(C)=O)C(=O)Nc1cc(C)on1. The molecule has 132 valence electrons. The van der Waals surface area contributed by atoms with Gasteiger partial charge in [0.15, 0.2) is 5.82 Å². The molecule has 3 rings (SSSR count). The minimum atomic E-state index is -0.389. The Labute approximate surface area is 146 Å². The van der Waals surface area contributed by atoms with Crippen molar-refractivity contribution in [2.75, 3.05) is 22.1 Å². The van der Waals surface area contributed by atoms with E-state index in [9.17, 15) is 9.59 Å². The number of carbonyl (C=O) groups is 2. The quantitative estimate of drug-likeness (QED) is 0.872. The Morgan fingerprint density at radius 3 is 2.80 bits per heavy atom. The van der Waals surface area contributed by atoms with Crippen LogP contribution in [0, 0.1) is 6.92 Å². The molecule has 1 aromatic carbocycles. The second kappa shape index (κ2) is 6.96. The molecular formula is C18H22N4O3. The monoisotopic (exact) mass is 342 g/mol. The second-order valence-electron chi connectivity index (χ2n) is 6.18. The van der Waals surface area contributed by atoms with Gasteiger partial charge in [-0.1, -0.05) is 12.1 Å². The standard InChI is InChI=1S/C18H22N4O3/c1-4-15(18(24)20-17-9-11(2)25-21-17)19-14-5-6-16-13(10-14)7-8-22(16)12(3)23/h5-6,9-10,15,19H,4,7-8H2,1-3H3,(H,20,21,24). The summed E-state index contributed by atoms with van der Waals surface area (Å²) in [5.74, 6) is 0.939. The number of aromatic nitrogens is 1. The van der Waals surface area contributed by atoms with Gasteiger partial charge in [0.05, 0.1) is 0 Å². The molecular weight excluding hydrogens is 320 g/mol. The summed E-state index contributed by atoms with van der Waals surface area (Å²) in [5, 5.41) is 9.78. The maximum absolute atomic E-state index is 12.4. The summed E-state index contributed by atoms with van der Waals surface area (Å²) in [5.41, 5.74) is 2.93. The number of nitrogens with zero attached hydrogens (tertiary/aromatic N) is 2. The van der Waals surface area contributed by atoms with Gasteiger partial charge in [0.1, 0.15) is 11.8 Å². The van der Waals surface area contributed by atoms with Crippen LogP contribution in [0.5, 0.6) is 0 Å². The van der Waals surface area contributed by atoms with Gasteiger partial charge in [0.2, 0.25) is 11.8 Å². The van der Waals surface area contributed by atoms with Crippen molar-refractivity contribution in [1.29, 1.82) is 0 Å². The summed E-state index contributed by atoms with van der Waals surface area (Å²) < 4.78 is 4.96. The van der Waals surface area contributed by atoms with E-state index < -0.39 is 0 Å². The van der Waals surface area contributed by atoms with Crippen LogP contribution in [0.15, 0.2) is 28.8 Å². The second-order valence-corrected chi connectivity index (χ2v) is 6.18. The lowest BCUT2D eigenvalue weighted by Crippen LogP contribution is -2.34. The predicted octanol–water partition coefficient (Wildman–Crippen LogP) is 2.72. The molecule has 1 unspecified atom stereocenters. The maximum Gasteiger partial charge on any atom is 0.248 e. The number of hydrogen-bond donors (Lipinski definition) is 2. The van der Waals surface area contributed by atoms with Crippen molar-refractivity contribution < 1.29 is 14.1 Å². The van der Waals surface area contributed by atoms with Gasteiger partial charge < -0.3 is 20.1 Å². The Hall–Kier alpha value is -2.83. The van der Waals surface area contributed by atoms with E-state index in [2.05, 4.69) is 15.8 Å². The molecule has 2 amide bonds. The zero-order valence-electron chi connectivity index (χ0n) is 14.6. The molecule has 7 nitrogen and oxygen atoms in total. The number of nitrogens with one attached hydrogen (secondary N) is 2. The van der Waals surface area contributed by atoms with Crippen LogP contribution < -0.4 is 15.5 Å². The molecule has 0 bridgehead atoms. The van der Waals surface area contributed by atoms with Crippen molar-refractivity contribution >= 4 is 29.0 Å². The minimum Gasteiger partial charge on any atom is -0.374 e. The van der Waals surface area contributed by atoms with E-state index in [-0.39, 0.29) is 17.9 Å². The van der Waals surface area contributed by atoms with Crippen LogP contribution in [-0.4, -0.2) is 29.6 Å². The first kappa shape index (κ1) is 17.0. The number of anilines is 3. The number of hydrogen-bond acceptors (Lipinski definition) is 5. The summed E-state index contributed by atoms with van der Waals surface area (Å²) in [6, 6.07) is 7.12. The van der Waals surface area contributed by atoms with Crippen LogP contribution in [0.25, 0.3) is 0 Å². The summed E-state index contributed by atoms with van der Waals surface area (Å²) in [6.45, 7) is 5.99. The number of carbonyl (C=O) groups excluding carboxylic acids is 2. The molecule has 25 heavy (non-hydrogen) atoms. The molecule has 2 N–H and O–H groups in total. The molecule has 0 radical (unpaired) electrons. The lowest BCUT2D eigenvalue weighted by atomic mass is 10.1. The summed E-state index contributed by atoms with van der Waals surface area (Å²) >= 11 is 0. The van der Waals surface area contributed by atoms with E-state index in [0.29, 0.717) is 24.5 Å². The molecule has 0 fully saturated rings. The molecule has 1 atom stereocenters. The zero-order chi connectivity index (χ0) is 18.0. The molecule has 0 aliphatic carbocycles. The van der Waals surface area contributed by atoms with Crippen LogP contribution in [0.4, 0.5) is 17.2 Å². The lowest BCUT2D eigenvalue weighted by molar-refractivity contribution is -0.117. The van der Waals surface area contributed by atoms with E-state index in [0.717, 1.165) is 23.4 Å². The Morgan fingerprint density at radius 1 is 1.36 bits per heavy atom. The van der Waals surface area contributed by atoms with Crippen LogP contribution in [-0.2, 0) is 16.0 Å². The van der Waals surface area contributed by atoms with Crippen molar-refractivity contribution in [3.8, 4) is 0 Å². The van der Waals surface area contributed by atoms with E-state index in [1.807, 2.05) is 25.1 Å². The average Bonchev–Trinajstić information content (AvgIpc) is 3.18. The first-order chi connectivity index (χ1) is 12.0. The number of fused-ring (bicyclic) bond motifs is 1. The maximum atomic E-state index is 12.4. The normalized spacial score (nSPS) is 14.1. The third kappa shape index (κ3) is 3.65.